The van der Waals surface area contributed by atoms with Gasteiger partial charge in [-0.05, 0) is 18.6 Å². The van der Waals surface area contributed by atoms with Crippen LogP contribution in [0, 0.1) is 11.7 Å². The minimum absolute atomic E-state index is 0.0168. The van der Waals surface area contributed by atoms with Gasteiger partial charge < -0.3 is 0 Å². The quantitative estimate of drug-likeness (QED) is 0.787. The highest BCUT2D eigenvalue weighted by atomic mass is 19.1. The molecule has 1 atom stereocenters. The molecule has 1 N–H and O–H groups in total. The molecule has 0 aromatic heterocycles. The minimum atomic E-state index is -0.851. The summed E-state index contributed by atoms with van der Waals surface area (Å²) in [6.45, 7) is 0. The van der Waals surface area contributed by atoms with Gasteiger partial charge in [0.15, 0.2) is 11.6 Å². The number of carbonyl (C=O) groups excluding carboxylic acids is 4. The highest BCUT2D eigenvalue weighted by Crippen LogP contribution is 2.30. The van der Waals surface area contributed by atoms with Gasteiger partial charge >= 0.3 is 0 Å². The second kappa shape index (κ2) is 4.73. The Morgan fingerprint density at radius 2 is 1.90 bits per heavy atom. The second-order valence-electron chi connectivity index (χ2n) is 4.96. The molecule has 5 nitrogen and oxygen atoms in total. The fourth-order valence-corrected chi connectivity index (χ4v) is 2.65. The zero-order chi connectivity index (χ0) is 15.1. The van der Waals surface area contributed by atoms with E-state index in [1.807, 2.05) is 0 Å². The van der Waals surface area contributed by atoms with Gasteiger partial charge in [0, 0.05) is 17.6 Å². The molecule has 2 amide bonds. The topological polar surface area (TPSA) is 80.3 Å². The molecule has 2 aliphatic rings. The van der Waals surface area contributed by atoms with Gasteiger partial charge in [-0.25, -0.2) is 4.39 Å². The number of Topliss-reactive ketones (excluding diaryl/α,β-unsaturated/α-hetero) is 1. The Morgan fingerprint density at radius 1 is 1.14 bits per heavy atom. The molecule has 1 aliphatic heterocycles. The van der Waals surface area contributed by atoms with Crippen molar-refractivity contribution in [1.29, 1.82) is 0 Å². The van der Waals surface area contributed by atoms with Crippen LogP contribution in [0.1, 0.15) is 33.6 Å². The molecule has 106 valence electrons. The molecule has 1 saturated heterocycles. The van der Waals surface area contributed by atoms with Crippen LogP contribution in [0.25, 0.3) is 0 Å². The zero-order valence-electron chi connectivity index (χ0n) is 10.8. The van der Waals surface area contributed by atoms with Crippen molar-refractivity contribution in [1.82, 2.24) is 5.32 Å². The molecule has 3 rings (SSSR count). The van der Waals surface area contributed by atoms with Crippen molar-refractivity contribution in [3.63, 3.8) is 0 Å². The standard InChI is InChI=1S/C15H10FNO4/c16-10-3-1-2-8-13(10)11(18)6-9(14(8)20)7-4-5-12(19)17-15(7)21/h1-3,6-7H,4-5H2,(H,17,19,21). The third-order valence-corrected chi connectivity index (χ3v) is 3.67. The van der Waals surface area contributed by atoms with E-state index in [1.165, 1.54) is 12.1 Å². The lowest BCUT2D eigenvalue weighted by atomic mass is 9.80. The average molecular weight is 287 g/mol. The van der Waals surface area contributed by atoms with E-state index in [0.29, 0.717) is 0 Å². The lowest BCUT2D eigenvalue weighted by Crippen LogP contribution is -2.43. The van der Waals surface area contributed by atoms with Gasteiger partial charge in [0.1, 0.15) is 5.82 Å². The van der Waals surface area contributed by atoms with Crippen LogP contribution in [0.15, 0.2) is 29.8 Å². The Morgan fingerprint density at radius 3 is 2.62 bits per heavy atom. The van der Waals surface area contributed by atoms with Gasteiger partial charge in [-0.15, -0.1) is 0 Å². The predicted octanol–water partition coefficient (Wildman–Crippen LogP) is 1.18. The van der Waals surface area contributed by atoms with Gasteiger partial charge in [0.2, 0.25) is 11.8 Å². The smallest absolute Gasteiger partial charge is 0.234 e. The number of nitrogens with one attached hydrogen (secondary N) is 1. The van der Waals surface area contributed by atoms with Crippen LogP contribution in [-0.2, 0) is 9.59 Å². The summed E-state index contributed by atoms with van der Waals surface area (Å²) < 4.78 is 13.7. The highest BCUT2D eigenvalue weighted by Gasteiger charge is 2.37. The summed E-state index contributed by atoms with van der Waals surface area (Å²) in [7, 11) is 0. The van der Waals surface area contributed by atoms with Crippen molar-refractivity contribution < 1.29 is 23.6 Å². The molecule has 0 spiro atoms. The molecule has 1 aromatic carbocycles. The SMILES string of the molecule is O=C1CCC(C2=CC(=O)c3c(F)cccc3C2=O)C(=O)N1. The molecule has 1 fully saturated rings. The summed E-state index contributed by atoms with van der Waals surface area (Å²) in [5.41, 5.74) is -0.288. The molecule has 6 heteroatoms. The number of piperidine rings is 1. The monoisotopic (exact) mass is 287 g/mol. The molecule has 1 heterocycles. The third kappa shape index (κ3) is 2.08. The Kier molecular flexibility index (Phi) is 3.01. The predicted molar refractivity (Wildman–Crippen MR) is 69.0 cm³/mol. The Bertz CT molecular complexity index is 735. The molecular formula is C15H10FNO4. The fourth-order valence-electron chi connectivity index (χ4n) is 2.65. The number of carbonyl (C=O) groups is 4. The van der Waals surface area contributed by atoms with E-state index in [9.17, 15) is 23.6 Å². The molecule has 1 aliphatic carbocycles. The first-order valence-electron chi connectivity index (χ1n) is 6.42. The number of ketones is 2. The van der Waals surface area contributed by atoms with E-state index in [4.69, 9.17) is 0 Å². The van der Waals surface area contributed by atoms with E-state index in [0.717, 1.165) is 12.1 Å². The normalized spacial score (nSPS) is 21.8. The van der Waals surface area contributed by atoms with E-state index >= 15 is 0 Å². The summed E-state index contributed by atoms with van der Waals surface area (Å²) in [6.07, 6.45) is 1.28. The van der Waals surface area contributed by atoms with E-state index in [2.05, 4.69) is 5.32 Å². The van der Waals surface area contributed by atoms with Gasteiger partial charge in [-0.2, -0.15) is 0 Å². The number of imide groups is 1. The first-order valence-corrected chi connectivity index (χ1v) is 6.42. The molecular weight excluding hydrogens is 277 g/mol. The average Bonchev–Trinajstić information content (AvgIpc) is 2.43. The summed E-state index contributed by atoms with van der Waals surface area (Å²) in [4.78, 5) is 47.4. The van der Waals surface area contributed by atoms with Crippen LogP contribution >= 0.6 is 0 Å². The summed E-state index contributed by atoms with van der Waals surface area (Å²) in [5, 5.41) is 2.14. The van der Waals surface area contributed by atoms with Gasteiger partial charge in [0.25, 0.3) is 0 Å². The maximum Gasteiger partial charge on any atom is 0.234 e. The van der Waals surface area contributed by atoms with E-state index < -0.39 is 35.1 Å². The largest absolute Gasteiger partial charge is 0.296 e. The van der Waals surface area contributed by atoms with Crippen LogP contribution in [0.2, 0.25) is 0 Å². The van der Waals surface area contributed by atoms with E-state index in [-0.39, 0.29) is 29.5 Å². The Labute approximate surface area is 118 Å². The molecule has 21 heavy (non-hydrogen) atoms. The van der Waals surface area contributed by atoms with Crippen molar-refractivity contribution in [2.24, 2.45) is 5.92 Å². The van der Waals surface area contributed by atoms with Crippen LogP contribution in [0.4, 0.5) is 4.39 Å². The minimum Gasteiger partial charge on any atom is -0.296 e. The molecule has 0 bridgehead atoms. The number of halogens is 1. The van der Waals surface area contributed by atoms with Crippen molar-refractivity contribution in [2.75, 3.05) is 0 Å². The fraction of sp³-hybridized carbons (Fsp3) is 0.200. The van der Waals surface area contributed by atoms with Crippen molar-refractivity contribution in [2.45, 2.75) is 12.8 Å². The lowest BCUT2D eigenvalue weighted by Gasteiger charge is -2.25. The molecule has 0 radical (unpaired) electrons. The van der Waals surface area contributed by atoms with Crippen LogP contribution in [0.5, 0.6) is 0 Å². The molecule has 1 unspecified atom stereocenters. The maximum atomic E-state index is 13.7. The third-order valence-electron chi connectivity index (χ3n) is 3.67. The van der Waals surface area contributed by atoms with E-state index in [1.54, 1.807) is 0 Å². The number of benzene rings is 1. The lowest BCUT2D eigenvalue weighted by molar-refractivity contribution is -0.135. The van der Waals surface area contributed by atoms with Gasteiger partial charge in [0.05, 0.1) is 11.5 Å². The Balaban J connectivity index is 2.03. The van der Waals surface area contributed by atoms with Crippen molar-refractivity contribution in [3.05, 3.63) is 46.8 Å². The summed E-state index contributed by atoms with van der Waals surface area (Å²) in [5.74, 6) is -3.79. The Hall–Kier alpha value is -2.63. The number of hydrogen-bond donors (Lipinski definition) is 1. The first-order chi connectivity index (χ1) is 9.99. The zero-order valence-corrected chi connectivity index (χ0v) is 10.8. The molecule has 1 aromatic rings. The van der Waals surface area contributed by atoms with Gasteiger partial charge in [-0.3, -0.25) is 24.5 Å². The number of allylic oxidation sites excluding steroid dienone is 1. The van der Waals surface area contributed by atoms with Crippen molar-refractivity contribution >= 4 is 23.4 Å². The number of fused-ring (bicyclic) bond motifs is 1. The molecule has 0 saturated carbocycles. The van der Waals surface area contributed by atoms with Gasteiger partial charge in [-0.1, -0.05) is 12.1 Å². The second-order valence-corrected chi connectivity index (χ2v) is 4.96. The summed E-state index contributed by atoms with van der Waals surface area (Å²) >= 11 is 0. The first kappa shape index (κ1) is 13.4. The number of rotatable bonds is 1. The van der Waals surface area contributed by atoms with Crippen molar-refractivity contribution in [3.8, 4) is 0 Å². The van der Waals surface area contributed by atoms with Crippen LogP contribution < -0.4 is 5.32 Å². The number of hydrogen-bond acceptors (Lipinski definition) is 4. The summed E-state index contributed by atoms with van der Waals surface area (Å²) in [6, 6.07) is 3.80. The van der Waals surface area contributed by atoms with Crippen LogP contribution in [-0.4, -0.2) is 23.4 Å². The number of amides is 2. The highest BCUT2D eigenvalue weighted by molar-refractivity contribution is 6.26. The maximum absolute atomic E-state index is 13.7. The van der Waals surface area contributed by atoms with Crippen LogP contribution in [0.3, 0.4) is 0 Å².